The minimum Gasteiger partial charge on any atom is -0.379 e. The van der Waals surface area contributed by atoms with Gasteiger partial charge in [-0.25, -0.2) is 0 Å². The van der Waals surface area contributed by atoms with E-state index < -0.39 is 0 Å². The van der Waals surface area contributed by atoms with Crippen LogP contribution in [0.5, 0.6) is 0 Å². The second-order valence-electron chi connectivity index (χ2n) is 9.24. The third-order valence-corrected chi connectivity index (χ3v) is 5.53. The number of hydrogen-bond donors (Lipinski definition) is 1. The molecule has 0 aliphatic carbocycles. The lowest BCUT2D eigenvalue weighted by Crippen LogP contribution is -2.46. The highest BCUT2D eigenvalue weighted by Gasteiger charge is 2.41. The summed E-state index contributed by atoms with van der Waals surface area (Å²) in [4.78, 5) is 41.0. The normalized spacial score (nSPS) is 21.5. The topological polar surface area (TPSA) is 79.0 Å². The van der Waals surface area contributed by atoms with Crippen LogP contribution in [0.1, 0.15) is 60.3 Å². The largest absolute Gasteiger partial charge is 0.379 e. The average Bonchev–Trinajstić information content (AvgIpc) is 3.02. The van der Waals surface area contributed by atoms with Gasteiger partial charge in [0.2, 0.25) is 17.7 Å². The average molecular weight is 396 g/mol. The third-order valence-electron chi connectivity index (χ3n) is 5.53. The Labute approximate surface area is 169 Å². The van der Waals surface area contributed by atoms with Crippen molar-refractivity contribution in [3.05, 3.63) is 0 Å². The molecule has 0 aromatic carbocycles. The van der Waals surface area contributed by atoms with Gasteiger partial charge in [-0.1, -0.05) is 0 Å². The fourth-order valence-electron chi connectivity index (χ4n) is 3.89. The van der Waals surface area contributed by atoms with Crippen molar-refractivity contribution in [1.82, 2.24) is 15.1 Å². The van der Waals surface area contributed by atoms with Crippen LogP contribution in [-0.4, -0.2) is 72.0 Å². The lowest BCUT2D eigenvalue weighted by molar-refractivity contribution is -0.139. The third kappa shape index (κ3) is 6.19. The standard InChI is InChI=1S/C21H37N3O4/c1-15(2)28-12-6-9-22-19(26)16-7-10-23(11-8-16)20(27)17-13-18(25)24(14-17)21(3,4)5/h15-17H,6-14H2,1-5H3,(H,22,26). The molecule has 0 bridgehead atoms. The van der Waals surface area contributed by atoms with Crippen LogP contribution in [0.15, 0.2) is 0 Å². The molecule has 2 aliphatic rings. The maximum absolute atomic E-state index is 12.8. The molecule has 0 aromatic rings. The predicted molar refractivity (Wildman–Crippen MR) is 108 cm³/mol. The van der Waals surface area contributed by atoms with Crippen molar-refractivity contribution in [1.29, 1.82) is 0 Å². The van der Waals surface area contributed by atoms with Crippen molar-refractivity contribution >= 4 is 17.7 Å². The summed E-state index contributed by atoms with van der Waals surface area (Å²) in [7, 11) is 0. The van der Waals surface area contributed by atoms with E-state index in [1.807, 2.05) is 39.5 Å². The first kappa shape index (κ1) is 22.7. The number of carbonyl (C=O) groups is 3. The number of nitrogens with one attached hydrogen (secondary N) is 1. The van der Waals surface area contributed by atoms with Crippen molar-refractivity contribution in [2.24, 2.45) is 11.8 Å². The minimum atomic E-state index is -0.253. The summed E-state index contributed by atoms with van der Waals surface area (Å²) >= 11 is 0. The minimum absolute atomic E-state index is 0.0358. The summed E-state index contributed by atoms with van der Waals surface area (Å²) < 4.78 is 5.47. The highest BCUT2D eigenvalue weighted by atomic mass is 16.5. The molecular formula is C21H37N3O4. The Morgan fingerprint density at radius 2 is 1.82 bits per heavy atom. The summed E-state index contributed by atoms with van der Waals surface area (Å²) in [6.45, 7) is 12.9. The number of piperidine rings is 1. The lowest BCUT2D eigenvalue weighted by atomic mass is 9.94. The molecule has 7 heteroatoms. The first-order valence-electron chi connectivity index (χ1n) is 10.6. The summed E-state index contributed by atoms with van der Waals surface area (Å²) in [5.74, 6) is -0.0950. The summed E-state index contributed by atoms with van der Waals surface area (Å²) in [5.41, 5.74) is -0.253. The molecule has 2 fully saturated rings. The lowest BCUT2D eigenvalue weighted by Gasteiger charge is -2.34. The second-order valence-corrected chi connectivity index (χ2v) is 9.24. The monoisotopic (exact) mass is 395 g/mol. The molecule has 3 amide bonds. The molecule has 0 radical (unpaired) electrons. The van der Waals surface area contributed by atoms with E-state index in [2.05, 4.69) is 5.32 Å². The zero-order valence-electron chi connectivity index (χ0n) is 18.1. The zero-order chi connectivity index (χ0) is 20.9. The molecule has 2 rings (SSSR count). The van der Waals surface area contributed by atoms with Gasteiger partial charge in [-0.15, -0.1) is 0 Å². The van der Waals surface area contributed by atoms with Gasteiger partial charge in [-0.3, -0.25) is 14.4 Å². The molecule has 0 saturated carbocycles. The van der Waals surface area contributed by atoms with Gasteiger partial charge in [0, 0.05) is 50.7 Å². The van der Waals surface area contributed by atoms with Crippen LogP contribution in [0, 0.1) is 11.8 Å². The van der Waals surface area contributed by atoms with Gasteiger partial charge < -0.3 is 19.9 Å². The molecule has 160 valence electrons. The van der Waals surface area contributed by atoms with E-state index in [9.17, 15) is 14.4 Å². The van der Waals surface area contributed by atoms with Gasteiger partial charge in [0.1, 0.15) is 0 Å². The van der Waals surface area contributed by atoms with E-state index in [0.29, 0.717) is 52.0 Å². The zero-order valence-corrected chi connectivity index (χ0v) is 18.1. The number of ether oxygens (including phenoxy) is 1. The second kappa shape index (κ2) is 9.72. The summed E-state index contributed by atoms with van der Waals surface area (Å²) in [6.07, 6.45) is 2.69. The highest BCUT2D eigenvalue weighted by molar-refractivity contribution is 5.90. The first-order chi connectivity index (χ1) is 13.1. The molecule has 1 unspecified atom stereocenters. The first-order valence-corrected chi connectivity index (χ1v) is 10.6. The Morgan fingerprint density at radius 3 is 2.36 bits per heavy atom. The molecular weight excluding hydrogens is 358 g/mol. The Morgan fingerprint density at radius 1 is 1.18 bits per heavy atom. The SMILES string of the molecule is CC(C)OCCCNC(=O)C1CCN(C(=O)C2CC(=O)N(C(C)(C)C)C2)CC1. The highest BCUT2D eigenvalue weighted by Crippen LogP contribution is 2.28. The summed E-state index contributed by atoms with van der Waals surface area (Å²) in [5, 5.41) is 2.98. The van der Waals surface area contributed by atoms with Crippen LogP contribution in [-0.2, 0) is 19.1 Å². The fourth-order valence-corrected chi connectivity index (χ4v) is 3.89. The Kier molecular flexibility index (Phi) is 7.87. The fraction of sp³-hybridized carbons (Fsp3) is 0.857. The van der Waals surface area contributed by atoms with Crippen molar-refractivity contribution in [3.8, 4) is 0 Å². The van der Waals surface area contributed by atoms with Gasteiger partial charge in [0.25, 0.3) is 0 Å². The Balaban J connectivity index is 1.72. The molecule has 28 heavy (non-hydrogen) atoms. The Bertz CT molecular complexity index is 562. The van der Waals surface area contributed by atoms with Crippen LogP contribution in [0.2, 0.25) is 0 Å². The van der Waals surface area contributed by atoms with Crippen LogP contribution in [0.4, 0.5) is 0 Å². The predicted octanol–water partition coefficient (Wildman–Crippen LogP) is 1.80. The van der Waals surface area contributed by atoms with Gasteiger partial charge in [-0.05, 0) is 53.9 Å². The molecule has 1 N–H and O–H groups in total. The smallest absolute Gasteiger partial charge is 0.227 e. The van der Waals surface area contributed by atoms with Gasteiger partial charge in [-0.2, -0.15) is 0 Å². The maximum atomic E-state index is 12.8. The van der Waals surface area contributed by atoms with E-state index in [1.54, 1.807) is 4.90 Å². The number of hydrogen-bond acceptors (Lipinski definition) is 4. The van der Waals surface area contributed by atoms with E-state index in [0.717, 1.165) is 6.42 Å². The number of carbonyl (C=O) groups excluding carboxylic acids is 3. The molecule has 7 nitrogen and oxygen atoms in total. The van der Waals surface area contributed by atoms with Crippen molar-refractivity contribution < 1.29 is 19.1 Å². The molecule has 2 saturated heterocycles. The van der Waals surface area contributed by atoms with Crippen LogP contribution < -0.4 is 5.32 Å². The van der Waals surface area contributed by atoms with Crippen LogP contribution in [0.25, 0.3) is 0 Å². The molecule has 0 spiro atoms. The van der Waals surface area contributed by atoms with E-state index in [-0.39, 0.29) is 41.2 Å². The van der Waals surface area contributed by atoms with Gasteiger partial charge in [0.05, 0.1) is 12.0 Å². The quantitative estimate of drug-likeness (QED) is 0.667. The van der Waals surface area contributed by atoms with Crippen molar-refractivity contribution in [2.75, 3.05) is 32.8 Å². The molecule has 2 aliphatic heterocycles. The van der Waals surface area contributed by atoms with Crippen molar-refractivity contribution in [3.63, 3.8) is 0 Å². The van der Waals surface area contributed by atoms with Crippen molar-refractivity contribution in [2.45, 2.75) is 71.9 Å². The van der Waals surface area contributed by atoms with E-state index >= 15 is 0 Å². The number of likely N-dealkylation sites (tertiary alicyclic amines) is 2. The van der Waals surface area contributed by atoms with Gasteiger partial charge in [0.15, 0.2) is 0 Å². The van der Waals surface area contributed by atoms with E-state index in [1.165, 1.54) is 0 Å². The molecule has 1 atom stereocenters. The molecule has 2 heterocycles. The van der Waals surface area contributed by atoms with Crippen LogP contribution in [0.3, 0.4) is 0 Å². The number of amides is 3. The molecule has 0 aromatic heterocycles. The summed E-state index contributed by atoms with van der Waals surface area (Å²) in [6, 6.07) is 0. The van der Waals surface area contributed by atoms with E-state index in [4.69, 9.17) is 4.74 Å². The van der Waals surface area contributed by atoms with Gasteiger partial charge >= 0.3 is 0 Å². The Hall–Kier alpha value is -1.63. The number of rotatable bonds is 7. The maximum Gasteiger partial charge on any atom is 0.227 e. The van der Waals surface area contributed by atoms with Crippen LogP contribution >= 0.6 is 0 Å². The number of nitrogens with zero attached hydrogens (tertiary/aromatic N) is 2.